The second kappa shape index (κ2) is 4.35. The van der Waals surface area contributed by atoms with Gasteiger partial charge in [-0.2, -0.15) is 4.99 Å². The maximum atomic E-state index is 10.3. The normalized spacial score (nSPS) is 8.93. The summed E-state index contributed by atoms with van der Waals surface area (Å²) in [5, 5.41) is 0. The molecule has 0 fully saturated rings. The van der Waals surface area contributed by atoms with E-state index in [9.17, 15) is 4.79 Å². The molecule has 0 spiro atoms. The van der Waals surface area contributed by atoms with Crippen molar-refractivity contribution in [2.24, 2.45) is 4.99 Å². The number of rotatable bonds is 3. The minimum absolute atomic E-state index is 0.588. The van der Waals surface area contributed by atoms with Gasteiger partial charge in [0.05, 0.1) is 5.69 Å². The molecule has 1 aromatic rings. The molecule has 0 bridgehead atoms. The second-order valence-electron chi connectivity index (χ2n) is 2.93. The number of allylic oxidation sites excluding steroid dienone is 1. The van der Waals surface area contributed by atoms with Crippen LogP contribution in [0.15, 0.2) is 36.3 Å². The van der Waals surface area contributed by atoms with Crippen molar-refractivity contribution in [3.05, 3.63) is 42.5 Å². The molecule has 0 radical (unpaired) electrons. The molecule has 0 saturated heterocycles. The van der Waals surface area contributed by atoms with Crippen molar-refractivity contribution in [3.63, 3.8) is 0 Å². The van der Waals surface area contributed by atoms with Crippen LogP contribution in [-0.2, 0) is 4.79 Å². The summed E-state index contributed by atoms with van der Waals surface area (Å²) in [5.41, 5.74) is 3.12. The van der Waals surface area contributed by atoms with Crippen LogP contribution in [0.1, 0.15) is 18.1 Å². The second-order valence-corrected chi connectivity index (χ2v) is 2.93. The van der Waals surface area contributed by atoms with Crippen LogP contribution in [-0.4, -0.2) is 6.08 Å². The number of hydrogen-bond acceptors (Lipinski definition) is 2. The zero-order chi connectivity index (χ0) is 10.6. The Kier molecular flexibility index (Phi) is 3.16. The highest BCUT2D eigenvalue weighted by molar-refractivity contribution is 5.79. The Morgan fingerprint density at radius 1 is 1.57 bits per heavy atom. The van der Waals surface area contributed by atoms with E-state index in [2.05, 4.69) is 18.2 Å². The fraction of sp³-hybridized carbons (Fsp3) is 0.0833. The first-order valence-corrected chi connectivity index (χ1v) is 4.20. The third-order valence-corrected chi connectivity index (χ3v) is 1.90. The van der Waals surface area contributed by atoms with Gasteiger partial charge >= 0.3 is 0 Å². The van der Waals surface area contributed by atoms with Gasteiger partial charge in [-0.1, -0.05) is 37.4 Å². The summed E-state index contributed by atoms with van der Waals surface area (Å²) in [5.74, 6) is 0. The van der Waals surface area contributed by atoms with Gasteiger partial charge in [0.2, 0.25) is 6.08 Å². The summed E-state index contributed by atoms with van der Waals surface area (Å²) in [6, 6.07) is 5.59. The smallest absolute Gasteiger partial charge is 0.211 e. The van der Waals surface area contributed by atoms with Crippen molar-refractivity contribution < 1.29 is 4.79 Å². The molecule has 0 saturated carbocycles. The Morgan fingerprint density at radius 2 is 2.29 bits per heavy atom. The van der Waals surface area contributed by atoms with Crippen molar-refractivity contribution in [3.8, 4) is 0 Å². The summed E-state index contributed by atoms with van der Waals surface area (Å²) in [7, 11) is 0. The molecule has 0 N–H and O–H groups in total. The van der Waals surface area contributed by atoms with E-state index in [1.165, 1.54) is 0 Å². The SMILES string of the molecule is C=Cc1cccc(C(=C)C)c1N=C=O. The van der Waals surface area contributed by atoms with Gasteiger partial charge in [-0.05, 0) is 12.5 Å². The molecule has 0 aromatic heterocycles. The third-order valence-electron chi connectivity index (χ3n) is 1.90. The highest BCUT2D eigenvalue weighted by atomic mass is 16.1. The number of hydrogen-bond donors (Lipinski definition) is 0. The van der Waals surface area contributed by atoms with Crippen molar-refractivity contribution in [1.29, 1.82) is 0 Å². The molecule has 0 amide bonds. The fourth-order valence-corrected chi connectivity index (χ4v) is 1.24. The molecule has 0 aliphatic heterocycles. The summed E-state index contributed by atoms with van der Waals surface area (Å²) < 4.78 is 0. The Hall–Kier alpha value is -1.92. The number of para-hydroxylation sites is 1. The molecule has 0 aliphatic rings. The molecule has 0 heterocycles. The number of aliphatic imine (C=N–C) groups is 1. The lowest BCUT2D eigenvalue weighted by molar-refractivity contribution is 0.565. The molecule has 0 aliphatic carbocycles. The van der Waals surface area contributed by atoms with Crippen molar-refractivity contribution in [2.75, 3.05) is 0 Å². The molecule has 14 heavy (non-hydrogen) atoms. The van der Waals surface area contributed by atoms with Gasteiger partial charge in [-0.15, -0.1) is 0 Å². The maximum Gasteiger partial charge on any atom is 0.240 e. The lowest BCUT2D eigenvalue weighted by Gasteiger charge is -2.06. The summed E-state index contributed by atoms with van der Waals surface area (Å²) >= 11 is 0. The van der Waals surface area contributed by atoms with E-state index in [1.54, 1.807) is 12.2 Å². The van der Waals surface area contributed by atoms with Crippen LogP contribution in [0.2, 0.25) is 0 Å². The molecule has 1 aromatic carbocycles. The van der Waals surface area contributed by atoms with Crippen LogP contribution in [0.4, 0.5) is 5.69 Å². The van der Waals surface area contributed by atoms with Gasteiger partial charge in [0.25, 0.3) is 0 Å². The first-order valence-electron chi connectivity index (χ1n) is 4.20. The average molecular weight is 185 g/mol. The topological polar surface area (TPSA) is 29.4 Å². The summed E-state index contributed by atoms with van der Waals surface area (Å²) in [4.78, 5) is 13.9. The van der Waals surface area contributed by atoms with Gasteiger partial charge in [-0.25, -0.2) is 4.79 Å². The van der Waals surface area contributed by atoms with Crippen LogP contribution < -0.4 is 0 Å². The van der Waals surface area contributed by atoms with Crippen molar-refractivity contribution in [1.82, 2.24) is 0 Å². The van der Waals surface area contributed by atoms with Crippen LogP contribution in [0.3, 0.4) is 0 Å². The van der Waals surface area contributed by atoms with Gasteiger partial charge in [0.1, 0.15) is 0 Å². The monoisotopic (exact) mass is 185 g/mol. The number of carbonyl (C=O) groups excluding carboxylic acids is 1. The first kappa shape index (κ1) is 10.2. The largest absolute Gasteiger partial charge is 0.240 e. The standard InChI is InChI=1S/C12H11NO/c1-4-10-6-5-7-11(9(2)3)12(10)13-8-14/h4-7H,1-2H2,3H3. The van der Waals surface area contributed by atoms with E-state index in [-0.39, 0.29) is 0 Å². The summed E-state index contributed by atoms with van der Waals surface area (Å²) in [6.07, 6.45) is 3.20. The van der Waals surface area contributed by atoms with E-state index < -0.39 is 0 Å². The Morgan fingerprint density at radius 3 is 2.79 bits per heavy atom. The van der Waals surface area contributed by atoms with Gasteiger partial charge in [0.15, 0.2) is 0 Å². The minimum Gasteiger partial charge on any atom is -0.211 e. The van der Waals surface area contributed by atoms with E-state index in [0.717, 1.165) is 16.7 Å². The molecular weight excluding hydrogens is 174 g/mol. The van der Waals surface area contributed by atoms with Gasteiger partial charge in [0, 0.05) is 11.1 Å². The Balaban J connectivity index is 3.50. The van der Waals surface area contributed by atoms with E-state index >= 15 is 0 Å². The van der Waals surface area contributed by atoms with Crippen molar-refractivity contribution >= 4 is 23.4 Å². The highest BCUT2D eigenvalue weighted by Crippen LogP contribution is 2.29. The molecule has 1 rings (SSSR count). The number of nitrogens with zero attached hydrogens (tertiary/aromatic N) is 1. The first-order chi connectivity index (χ1) is 6.70. The van der Waals surface area contributed by atoms with E-state index in [4.69, 9.17) is 0 Å². The zero-order valence-corrected chi connectivity index (χ0v) is 8.08. The molecular formula is C12H11NO. The molecule has 0 atom stereocenters. The predicted octanol–water partition coefficient (Wildman–Crippen LogP) is 3.33. The van der Waals surface area contributed by atoms with Crippen LogP contribution in [0, 0.1) is 0 Å². The lowest BCUT2D eigenvalue weighted by atomic mass is 10.0. The highest BCUT2D eigenvalue weighted by Gasteiger charge is 2.05. The Bertz CT molecular complexity index is 426. The summed E-state index contributed by atoms with van der Waals surface area (Å²) in [6.45, 7) is 9.34. The average Bonchev–Trinajstić information content (AvgIpc) is 2.18. The minimum atomic E-state index is 0.588. The molecule has 70 valence electrons. The maximum absolute atomic E-state index is 10.3. The zero-order valence-electron chi connectivity index (χ0n) is 8.08. The van der Waals surface area contributed by atoms with Gasteiger partial charge < -0.3 is 0 Å². The quantitative estimate of drug-likeness (QED) is 0.524. The third kappa shape index (κ3) is 1.87. The Labute approximate surface area is 83.3 Å². The number of benzene rings is 1. The van der Waals surface area contributed by atoms with Crippen molar-refractivity contribution in [2.45, 2.75) is 6.92 Å². The van der Waals surface area contributed by atoms with Crippen LogP contribution >= 0.6 is 0 Å². The molecule has 2 nitrogen and oxygen atoms in total. The van der Waals surface area contributed by atoms with Crippen LogP contribution in [0.5, 0.6) is 0 Å². The molecule has 2 heteroatoms. The predicted molar refractivity (Wildman–Crippen MR) is 59.0 cm³/mol. The number of isocyanates is 1. The van der Waals surface area contributed by atoms with Crippen LogP contribution in [0.25, 0.3) is 11.6 Å². The van der Waals surface area contributed by atoms with E-state index in [0.29, 0.717) is 5.69 Å². The lowest BCUT2D eigenvalue weighted by Crippen LogP contribution is -1.83. The fourth-order valence-electron chi connectivity index (χ4n) is 1.24. The van der Waals surface area contributed by atoms with Gasteiger partial charge in [-0.3, -0.25) is 0 Å². The van der Waals surface area contributed by atoms with E-state index in [1.807, 2.05) is 25.1 Å². The molecule has 0 unspecified atom stereocenters.